The Balaban J connectivity index is 1.20. The lowest BCUT2D eigenvalue weighted by atomic mass is 9.94. The van der Waals surface area contributed by atoms with Gasteiger partial charge in [0.05, 0.1) is 0 Å². The first-order valence-electron chi connectivity index (χ1n) is 15.8. The van der Waals surface area contributed by atoms with Gasteiger partial charge < -0.3 is 0 Å². The van der Waals surface area contributed by atoms with E-state index in [1.807, 2.05) is 0 Å². The van der Waals surface area contributed by atoms with E-state index in [0.717, 1.165) is 0 Å². The zero-order chi connectivity index (χ0) is 34.7. The summed E-state index contributed by atoms with van der Waals surface area (Å²) in [4.78, 5) is 100. The SMILES string of the molecule is O=C1c2cccc3cccc(c23)C(=O)N1c1nc(N2C(=O)c3cccc4cccc(c34)C2=O)nc(N2C(=O)c3cccc4cccc(c34)C2=O)n1. The molecule has 7 aromatic rings. The van der Waals surface area contributed by atoms with E-state index in [4.69, 9.17) is 0 Å². The molecule has 6 aromatic carbocycles. The van der Waals surface area contributed by atoms with Crippen molar-refractivity contribution in [2.45, 2.75) is 0 Å². The first-order valence-corrected chi connectivity index (χ1v) is 15.8. The summed E-state index contributed by atoms with van der Waals surface area (Å²) in [6.45, 7) is 0. The minimum Gasteiger partial charge on any atom is -0.268 e. The number of carbonyl (C=O) groups excluding carboxylic acids is 6. The fraction of sp³-hybridized carbons (Fsp3) is 0. The van der Waals surface area contributed by atoms with Crippen molar-refractivity contribution in [3.8, 4) is 0 Å². The normalized spacial score (nSPS) is 15.2. The summed E-state index contributed by atoms with van der Waals surface area (Å²) in [5, 5.41) is 3.32. The van der Waals surface area contributed by atoms with E-state index in [1.54, 1.807) is 109 Å². The van der Waals surface area contributed by atoms with Gasteiger partial charge in [0.2, 0.25) is 17.8 Å². The van der Waals surface area contributed by atoms with E-state index in [2.05, 4.69) is 15.0 Å². The molecule has 0 aliphatic carbocycles. The van der Waals surface area contributed by atoms with Crippen LogP contribution in [-0.4, -0.2) is 50.4 Å². The Labute approximate surface area is 286 Å². The van der Waals surface area contributed by atoms with Gasteiger partial charge in [-0.15, -0.1) is 0 Å². The summed E-state index contributed by atoms with van der Waals surface area (Å²) in [6.07, 6.45) is 0. The highest BCUT2D eigenvalue weighted by atomic mass is 16.2. The third-order valence-corrected chi connectivity index (χ3v) is 9.52. The van der Waals surface area contributed by atoms with Crippen molar-refractivity contribution in [1.29, 1.82) is 0 Å². The number of amides is 6. The Morgan fingerprint density at radius 1 is 0.294 bits per heavy atom. The fourth-order valence-corrected chi connectivity index (χ4v) is 7.28. The molecule has 6 amide bonds. The van der Waals surface area contributed by atoms with Crippen LogP contribution in [0.4, 0.5) is 17.8 Å². The van der Waals surface area contributed by atoms with Crippen LogP contribution in [0.25, 0.3) is 32.3 Å². The molecule has 51 heavy (non-hydrogen) atoms. The van der Waals surface area contributed by atoms with Crippen LogP contribution in [0, 0.1) is 0 Å². The van der Waals surface area contributed by atoms with Crippen LogP contribution in [0.15, 0.2) is 109 Å². The third-order valence-electron chi connectivity index (χ3n) is 9.52. The molecule has 0 saturated heterocycles. The van der Waals surface area contributed by atoms with Crippen molar-refractivity contribution >= 4 is 85.6 Å². The summed E-state index contributed by atoms with van der Waals surface area (Å²) in [6, 6.07) is 30.0. The van der Waals surface area contributed by atoms with Gasteiger partial charge in [-0.25, -0.2) is 14.7 Å². The summed E-state index contributed by atoms with van der Waals surface area (Å²) in [7, 11) is 0. The molecule has 12 nitrogen and oxygen atoms in total. The number of anilines is 3. The molecule has 10 rings (SSSR count). The van der Waals surface area contributed by atoms with Crippen molar-refractivity contribution in [3.63, 3.8) is 0 Å². The highest BCUT2D eigenvalue weighted by molar-refractivity contribution is 6.38. The molecule has 0 fully saturated rings. The van der Waals surface area contributed by atoms with E-state index in [0.29, 0.717) is 47.0 Å². The average Bonchev–Trinajstić information content (AvgIpc) is 3.15. The Bertz CT molecular complexity index is 2390. The van der Waals surface area contributed by atoms with Crippen LogP contribution >= 0.6 is 0 Å². The number of benzene rings is 6. The van der Waals surface area contributed by atoms with Gasteiger partial charge in [0, 0.05) is 49.5 Å². The number of carbonyl (C=O) groups is 6. The zero-order valence-electron chi connectivity index (χ0n) is 26.0. The lowest BCUT2D eigenvalue weighted by Crippen LogP contribution is -2.46. The van der Waals surface area contributed by atoms with Crippen LogP contribution in [0.1, 0.15) is 62.1 Å². The molecule has 3 aliphatic heterocycles. The Morgan fingerprint density at radius 3 is 0.686 bits per heavy atom. The van der Waals surface area contributed by atoms with Gasteiger partial charge >= 0.3 is 0 Å². The molecule has 4 heterocycles. The van der Waals surface area contributed by atoms with Crippen molar-refractivity contribution in [2.75, 3.05) is 14.7 Å². The maximum Gasteiger partial charge on any atom is 0.268 e. The molecular weight excluding hydrogens is 648 g/mol. The molecule has 0 bridgehead atoms. The van der Waals surface area contributed by atoms with E-state index >= 15 is 0 Å². The summed E-state index contributed by atoms with van der Waals surface area (Å²) in [5.74, 6) is -6.49. The van der Waals surface area contributed by atoms with Crippen molar-refractivity contribution in [3.05, 3.63) is 143 Å². The largest absolute Gasteiger partial charge is 0.268 e. The number of hydrogen-bond donors (Lipinski definition) is 0. The standard InChI is InChI=1S/C39H18N6O6/c46-31-22-13-1-7-19-8-2-14-23(28(19)22)32(47)43(31)37-40-38(44-33(48)24-15-3-9-20-10-4-16-25(29(20)24)34(44)49)42-39(41-37)45-35(50)26-17-5-11-21-12-6-18-27(30(21)26)36(45)51/h1-18H. The Morgan fingerprint density at radius 2 is 0.490 bits per heavy atom. The Kier molecular flexibility index (Phi) is 5.61. The first kappa shape index (κ1) is 28.5. The van der Waals surface area contributed by atoms with E-state index in [-0.39, 0.29) is 33.4 Å². The molecule has 240 valence electrons. The highest BCUT2D eigenvalue weighted by Gasteiger charge is 2.42. The molecule has 1 aromatic heterocycles. The van der Waals surface area contributed by atoms with E-state index < -0.39 is 53.3 Å². The molecule has 3 aliphatic rings. The second kappa shape index (κ2) is 10.0. The second-order valence-electron chi connectivity index (χ2n) is 12.2. The molecule has 12 heteroatoms. The Hall–Kier alpha value is -7.47. The summed E-state index contributed by atoms with van der Waals surface area (Å²) in [5.41, 5.74) is 1.10. The quantitative estimate of drug-likeness (QED) is 0.215. The fourth-order valence-electron chi connectivity index (χ4n) is 7.28. The van der Waals surface area contributed by atoms with Gasteiger partial charge in [0.25, 0.3) is 35.4 Å². The topological polar surface area (TPSA) is 151 Å². The smallest absolute Gasteiger partial charge is 0.268 e. The maximum absolute atomic E-state index is 14.1. The van der Waals surface area contributed by atoms with Gasteiger partial charge in [0.1, 0.15) is 0 Å². The summed E-state index contributed by atoms with van der Waals surface area (Å²) >= 11 is 0. The van der Waals surface area contributed by atoms with E-state index in [9.17, 15) is 28.8 Å². The predicted octanol–water partition coefficient (Wildman–Crippen LogP) is 5.73. The number of rotatable bonds is 3. The molecule has 0 radical (unpaired) electrons. The zero-order valence-corrected chi connectivity index (χ0v) is 26.0. The molecule has 0 spiro atoms. The van der Waals surface area contributed by atoms with Crippen LogP contribution < -0.4 is 14.7 Å². The van der Waals surface area contributed by atoms with Crippen molar-refractivity contribution < 1.29 is 28.8 Å². The van der Waals surface area contributed by atoms with E-state index in [1.165, 1.54) is 0 Å². The summed E-state index contributed by atoms with van der Waals surface area (Å²) < 4.78 is 0. The lowest BCUT2D eigenvalue weighted by molar-refractivity contribution is 0.0879. The maximum atomic E-state index is 14.1. The van der Waals surface area contributed by atoms with Crippen LogP contribution in [0.2, 0.25) is 0 Å². The number of nitrogens with zero attached hydrogens (tertiary/aromatic N) is 6. The lowest BCUT2D eigenvalue weighted by Gasteiger charge is -2.30. The molecular formula is C39H18N6O6. The van der Waals surface area contributed by atoms with Gasteiger partial charge in [-0.1, -0.05) is 72.8 Å². The molecule has 0 saturated carbocycles. The monoisotopic (exact) mass is 666 g/mol. The minimum absolute atomic E-state index is 0.183. The number of hydrogen-bond acceptors (Lipinski definition) is 9. The molecule has 0 unspecified atom stereocenters. The average molecular weight is 667 g/mol. The molecule has 0 N–H and O–H groups in total. The van der Waals surface area contributed by atoms with Crippen LogP contribution in [0.3, 0.4) is 0 Å². The highest BCUT2D eigenvalue weighted by Crippen LogP contribution is 2.37. The van der Waals surface area contributed by atoms with Gasteiger partial charge in [0.15, 0.2) is 0 Å². The van der Waals surface area contributed by atoms with Gasteiger partial charge in [-0.2, -0.15) is 15.0 Å². The minimum atomic E-state index is -0.787. The second-order valence-corrected chi connectivity index (χ2v) is 12.2. The van der Waals surface area contributed by atoms with Crippen LogP contribution in [0.5, 0.6) is 0 Å². The van der Waals surface area contributed by atoms with Gasteiger partial charge in [-0.05, 0) is 52.6 Å². The number of aromatic nitrogens is 3. The molecule has 0 atom stereocenters. The van der Waals surface area contributed by atoms with Gasteiger partial charge in [-0.3, -0.25) is 28.8 Å². The predicted molar refractivity (Wildman–Crippen MR) is 185 cm³/mol. The first-order chi connectivity index (χ1) is 24.8. The van der Waals surface area contributed by atoms with Crippen LogP contribution in [-0.2, 0) is 0 Å². The third kappa shape index (κ3) is 3.75. The van der Waals surface area contributed by atoms with Crippen molar-refractivity contribution in [1.82, 2.24) is 15.0 Å². The van der Waals surface area contributed by atoms with Crippen molar-refractivity contribution in [2.24, 2.45) is 0 Å². The number of imide groups is 3.